The number of ether oxygens (including phenoxy) is 1. The molecule has 0 radical (unpaired) electrons. The molecule has 0 spiro atoms. The fourth-order valence-corrected chi connectivity index (χ4v) is 1.35. The number of hydrogen-bond acceptors (Lipinski definition) is 5. The van der Waals surface area contributed by atoms with E-state index < -0.39 is 28.9 Å². The lowest BCUT2D eigenvalue weighted by Gasteiger charge is -2.15. The van der Waals surface area contributed by atoms with Crippen molar-refractivity contribution in [3.05, 3.63) is 34.1 Å². The van der Waals surface area contributed by atoms with E-state index in [1.807, 2.05) is 6.07 Å². The van der Waals surface area contributed by atoms with Gasteiger partial charge in [0.15, 0.2) is 12.4 Å². The molecule has 0 fully saturated rings. The van der Waals surface area contributed by atoms with Crippen LogP contribution in [-0.2, 0) is 4.79 Å². The van der Waals surface area contributed by atoms with E-state index in [2.05, 4.69) is 0 Å². The van der Waals surface area contributed by atoms with Crippen LogP contribution in [-0.4, -0.2) is 35.9 Å². The highest BCUT2D eigenvalue weighted by Crippen LogP contribution is 2.27. The number of carbonyl (C=O) groups is 1. The molecule has 1 aromatic carbocycles. The number of likely N-dealkylation sites (N-methyl/N-ethyl adjacent to an activating group) is 1. The first kappa shape index (κ1) is 15.4. The second-order valence-corrected chi connectivity index (χ2v) is 3.88. The van der Waals surface area contributed by atoms with Crippen molar-refractivity contribution in [2.75, 3.05) is 20.2 Å². The van der Waals surface area contributed by atoms with Crippen molar-refractivity contribution >= 4 is 11.6 Å². The molecular formula is C12H12FN3O4. The molecule has 1 rings (SSSR count). The lowest BCUT2D eigenvalue weighted by Crippen LogP contribution is -2.32. The maximum atomic E-state index is 12.9. The number of rotatable bonds is 6. The molecule has 0 aliphatic rings. The van der Waals surface area contributed by atoms with E-state index in [4.69, 9.17) is 10.00 Å². The molecule has 7 nitrogen and oxygen atoms in total. The summed E-state index contributed by atoms with van der Waals surface area (Å²) in [6.07, 6.45) is 0.180. The number of hydrogen-bond donors (Lipinski definition) is 0. The Morgan fingerprint density at radius 2 is 2.30 bits per heavy atom. The molecule has 8 heteroatoms. The average molecular weight is 281 g/mol. The average Bonchev–Trinajstić information content (AvgIpc) is 2.42. The summed E-state index contributed by atoms with van der Waals surface area (Å²) < 4.78 is 17.9. The number of halogens is 1. The van der Waals surface area contributed by atoms with E-state index in [1.165, 1.54) is 11.9 Å². The van der Waals surface area contributed by atoms with Gasteiger partial charge in [-0.15, -0.1) is 0 Å². The maximum Gasteiger partial charge on any atom is 0.313 e. The Morgan fingerprint density at radius 1 is 1.60 bits per heavy atom. The van der Waals surface area contributed by atoms with Crippen molar-refractivity contribution in [2.24, 2.45) is 0 Å². The van der Waals surface area contributed by atoms with E-state index in [0.29, 0.717) is 0 Å². The predicted octanol–water partition coefficient (Wildman–Crippen LogP) is 1.48. The highest BCUT2D eigenvalue weighted by Gasteiger charge is 2.18. The van der Waals surface area contributed by atoms with Gasteiger partial charge >= 0.3 is 5.69 Å². The van der Waals surface area contributed by atoms with E-state index >= 15 is 0 Å². The van der Waals surface area contributed by atoms with Gasteiger partial charge in [-0.25, -0.2) is 4.39 Å². The largest absolute Gasteiger partial charge is 0.477 e. The van der Waals surface area contributed by atoms with Gasteiger partial charge in [0.25, 0.3) is 5.91 Å². The lowest BCUT2D eigenvalue weighted by atomic mass is 10.3. The van der Waals surface area contributed by atoms with Crippen molar-refractivity contribution in [3.8, 4) is 11.8 Å². The van der Waals surface area contributed by atoms with Crippen molar-refractivity contribution < 1.29 is 18.8 Å². The van der Waals surface area contributed by atoms with Crippen LogP contribution in [0, 0.1) is 27.3 Å². The zero-order valence-corrected chi connectivity index (χ0v) is 10.7. The second-order valence-electron chi connectivity index (χ2n) is 3.88. The number of nitro groups is 1. The summed E-state index contributed by atoms with van der Waals surface area (Å²) >= 11 is 0. The Kier molecular flexibility index (Phi) is 5.41. The monoisotopic (exact) mass is 281 g/mol. The van der Waals surface area contributed by atoms with Crippen LogP contribution in [0.4, 0.5) is 10.1 Å². The third kappa shape index (κ3) is 4.20. The van der Waals surface area contributed by atoms with E-state index in [9.17, 15) is 19.3 Å². The van der Waals surface area contributed by atoms with Crippen LogP contribution in [0.25, 0.3) is 0 Å². The summed E-state index contributed by atoms with van der Waals surface area (Å²) in [6.45, 7) is -0.182. The number of nitrogens with zero attached hydrogens (tertiary/aromatic N) is 3. The third-order valence-corrected chi connectivity index (χ3v) is 2.45. The maximum absolute atomic E-state index is 12.9. The summed E-state index contributed by atoms with van der Waals surface area (Å²) in [5, 5.41) is 19.1. The summed E-state index contributed by atoms with van der Waals surface area (Å²) in [5.41, 5.74) is -0.544. The first-order valence-corrected chi connectivity index (χ1v) is 5.63. The molecular weight excluding hydrogens is 269 g/mol. The summed E-state index contributed by atoms with van der Waals surface area (Å²) in [7, 11) is 1.49. The van der Waals surface area contributed by atoms with Gasteiger partial charge in [0.05, 0.1) is 23.5 Å². The minimum atomic E-state index is -0.789. The van der Waals surface area contributed by atoms with Gasteiger partial charge in [0.2, 0.25) is 0 Å². The van der Waals surface area contributed by atoms with Crippen LogP contribution >= 0.6 is 0 Å². The Balaban J connectivity index is 2.68. The number of nitro benzene ring substituents is 1. The molecule has 0 bridgehead atoms. The summed E-state index contributed by atoms with van der Waals surface area (Å²) in [4.78, 5) is 22.8. The van der Waals surface area contributed by atoms with Crippen LogP contribution in [0.3, 0.4) is 0 Å². The summed E-state index contributed by atoms with van der Waals surface area (Å²) in [6, 6.07) is 4.71. The first-order valence-electron chi connectivity index (χ1n) is 5.63. The SMILES string of the molecule is CN(CCC#N)C(=O)COc1ccc(F)cc1[N+](=O)[O-]. The first-order chi connectivity index (χ1) is 9.45. The Bertz CT molecular complexity index is 556. The highest BCUT2D eigenvalue weighted by atomic mass is 19.1. The van der Waals surface area contributed by atoms with Crippen LogP contribution in [0.5, 0.6) is 5.75 Å². The Hall–Kier alpha value is -2.69. The topological polar surface area (TPSA) is 96.5 Å². The molecule has 106 valence electrons. The third-order valence-electron chi connectivity index (χ3n) is 2.45. The van der Waals surface area contributed by atoms with Crippen LogP contribution < -0.4 is 4.74 Å². The van der Waals surface area contributed by atoms with Crippen molar-refractivity contribution in [2.45, 2.75) is 6.42 Å². The molecule has 0 N–H and O–H groups in total. The van der Waals surface area contributed by atoms with Crippen molar-refractivity contribution in [3.63, 3.8) is 0 Å². The molecule has 0 atom stereocenters. The number of carbonyl (C=O) groups excluding carboxylic acids is 1. The zero-order valence-electron chi connectivity index (χ0n) is 10.7. The van der Waals surface area contributed by atoms with Crippen LogP contribution in [0.1, 0.15) is 6.42 Å². The predicted molar refractivity (Wildman–Crippen MR) is 66.4 cm³/mol. The summed E-state index contributed by atoms with van der Waals surface area (Å²) in [5.74, 6) is -1.38. The highest BCUT2D eigenvalue weighted by molar-refractivity contribution is 5.77. The van der Waals surface area contributed by atoms with Gasteiger partial charge in [-0.05, 0) is 12.1 Å². The standard InChI is InChI=1S/C12H12FN3O4/c1-15(6-2-5-14)12(17)8-20-11-4-3-9(13)7-10(11)16(18)19/h3-4,7H,2,6,8H2,1H3. The molecule has 0 aliphatic heterocycles. The molecule has 20 heavy (non-hydrogen) atoms. The molecule has 0 aromatic heterocycles. The molecule has 1 aromatic rings. The fraction of sp³-hybridized carbons (Fsp3) is 0.333. The Labute approximate surface area is 114 Å². The smallest absolute Gasteiger partial charge is 0.313 e. The zero-order chi connectivity index (χ0) is 15.1. The van der Waals surface area contributed by atoms with E-state index in [0.717, 1.165) is 18.2 Å². The lowest BCUT2D eigenvalue weighted by molar-refractivity contribution is -0.386. The number of nitriles is 1. The fourth-order valence-electron chi connectivity index (χ4n) is 1.35. The van der Waals surface area contributed by atoms with E-state index in [1.54, 1.807) is 0 Å². The molecule has 0 saturated carbocycles. The number of amides is 1. The Morgan fingerprint density at radius 3 is 2.90 bits per heavy atom. The molecule has 1 amide bonds. The van der Waals surface area contributed by atoms with Crippen LogP contribution in [0.2, 0.25) is 0 Å². The van der Waals surface area contributed by atoms with Gasteiger partial charge in [-0.1, -0.05) is 0 Å². The van der Waals surface area contributed by atoms with E-state index in [-0.39, 0.29) is 18.7 Å². The molecule has 0 saturated heterocycles. The van der Waals surface area contributed by atoms with Gasteiger partial charge in [-0.3, -0.25) is 14.9 Å². The molecule has 0 heterocycles. The minimum absolute atomic E-state index is 0.180. The normalized spacial score (nSPS) is 9.65. The quantitative estimate of drug-likeness (QED) is 0.581. The van der Waals surface area contributed by atoms with Crippen molar-refractivity contribution in [1.82, 2.24) is 4.90 Å². The second kappa shape index (κ2) is 7.04. The van der Waals surface area contributed by atoms with Gasteiger partial charge < -0.3 is 9.64 Å². The molecule has 0 unspecified atom stereocenters. The van der Waals surface area contributed by atoms with Gasteiger partial charge in [-0.2, -0.15) is 5.26 Å². The van der Waals surface area contributed by atoms with Gasteiger partial charge in [0.1, 0.15) is 5.82 Å². The molecule has 0 aliphatic carbocycles. The van der Waals surface area contributed by atoms with Crippen LogP contribution in [0.15, 0.2) is 18.2 Å². The van der Waals surface area contributed by atoms with Crippen molar-refractivity contribution in [1.29, 1.82) is 5.26 Å². The number of benzene rings is 1. The van der Waals surface area contributed by atoms with Gasteiger partial charge in [0, 0.05) is 13.6 Å². The minimum Gasteiger partial charge on any atom is -0.477 e.